The van der Waals surface area contributed by atoms with Gasteiger partial charge in [-0.25, -0.2) is 4.39 Å². The van der Waals surface area contributed by atoms with Crippen LogP contribution in [0.5, 0.6) is 0 Å². The van der Waals surface area contributed by atoms with Crippen molar-refractivity contribution in [3.63, 3.8) is 0 Å². The number of fused-ring (bicyclic) bond motifs is 1. The van der Waals surface area contributed by atoms with Crippen LogP contribution >= 0.6 is 11.3 Å². The third kappa shape index (κ3) is 1.05. The van der Waals surface area contributed by atoms with E-state index in [1.165, 1.54) is 11.5 Å². The predicted molar refractivity (Wildman–Crippen MR) is 50.0 cm³/mol. The summed E-state index contributed by atoms with van der Waals surface area (Å²) >= 11 is 1.59. The molecular weight excluding hydrogens is 158 g/mol. The summed E-state index contributed by atoms with van der Waals surface area (Å²) in [7, 11) is 2.04. The van der Waals surface area contributed by atoms with Crippen LogP contribution in [0.25, 0.3) is 10.1 Å². The summed E-state index contributed by atoms with van der Waals surface area (Å²) < 4.78 is 13.7. The molecule has 0 aliphatic carbocycles. The monoisotopic (exact) mass is 164 g/mol. The lowest BCUT2D eigenvalue weighted by molar-refractivity contribution is 0.630. The number of halogens is 1. The maximum Gasteiger partial charge on any atom is 0.141 e. The fourth-order valence-electron chi connectivity index (χ4n) is 1.13. The zero-order valence-electron chi connectivity index (χ0n) is 6.10. The molecule has 2 rings (SSSR count). The Morgan fingerprint density at radius 3 is 3.00 bits per heavy atom. The van der Waals surface area contributed by atoms with Crippen LogP contribution in [-0.2, 0) is 0 Å². The van der Waals surface area contributed by atoms with Gasteiger partial charge in [-0.1, -0.05) is 11.5 Å². The van der Waals surface area contributed by atoms with Crippen molar-refractivity contribution in [1.82, 2.24) is 0 Å². The largest absolute Gasteiger partial charge is 0.207 e. The Hall–Kier alpha value is -0.825. The summed E-state index contributed by atoms with van der Waals surface area (Å²) in [5.41, 5.74) is 1.23. The summed E-state index contributed by atoms with van der Waals surface area (Å²) in [5, 5.41) is 3.21. The van der Waals surface area contributed by atoms with Crippen molar-refractivity contribution < 1.29 is 4.39 Å². The number of hydrogen-bond donors (Lipinski definition) is 0. The average molecular weight is 164 g/mol. The van der Waals surface area contributed by atoms with Crippen molar-refractivity contribution in [3.05, 3.63) is 29.4 Å². The standard InChI is InChI=1S/C8H6BFS/c9-7-4-11-8-3-5(10)1-2-6(7)8/h1-4H,9H2. The van der Waals surface area contributed by atoms with Gasteiger partial charge in [0.25, 0.3) is 0 Å². The highest BCUT2D eigenvalue weighted by atomic mass is 32.1. The van der Waals surface area contributed by atoms with Gasteiger partial charge in [0.2, 0.25) is 0 Å². The van der Waals surface area contributed by atoms with E-state index in [0.717, 1.165) is 10.1 Å². The van der Waals surface area contributed by atoms with Crippen LogP contribution in [-0.4, -0.2) is 7.85 Å². The van der Waals surface area contributed by atoms with Crippen molar-refractivity contribution in [3.8, 4) is 0 Å². The second-order valence-electron chi connectivity index (χ2n) is 2.56. The van der Waals surface area contributed by atoms with Gasteiger partial charge in [-0.3, -0.25) is 0 Å². The van der Waals surface area contributed by atoms with Crippen molar-refractivity contribution in [2.45, 2.75) is 0 Å². The Kier molecular flexibility index (Phi) is 1.46. The fraction of sp³-hybridized carbons (Fsp3) is 0. The molecule has 0 atom stereocenters. The molecule has 0 aliphatic rings. The number of rotatable bonds is 0. The molecule has 0 radical (unpaired) electrons. The number of hydrogen-bond acceptors (Lipinski definition) is 1. The van der Waals surface area contributed by atoms with Gasteiger partial charge in [-0.05, 0) is 22.9 Å². The molecular formula is C8H6BFS. The van der Waals surface area contributed by atoms with Crippen LogP contribution in [0.3, 0.4) is 0 Å². The highest BCUT2D eigenvalue weighted by Crippen LogP contribution is 2.18. The van der Waals surface area contributed by atoms with E-state index in [0.29, 0.717) is 0 Å². The topological polar surface area (TPSA) is 0 Å². The second kappa shape index (κ2) is 2.34. The van der Waals surface area contributed by atoms with Gasteiger partial charge < -0.3 is 0 Å². The average Bonchev–Trinajstić information content (AvgIpc) is 2.32. The minimum Gasteiger partial charge on any atom is -0.207 e. The van der Waals surface area contributed by atoms with Crippen LogP contribution in [0.15, 0.2) is 23.6 Å². The Morgan fingerprint density at radius 2 is 2.18 bits per heavy atom. The zero-order chi connectivity index (χ0) is 7.84. The predicted octanol–water partition coefficient (Wildman–Crippen LogP) is 1.30. The highest BCUT2D eigenvalue weighted by Gasteiger charge is 1.99. The minimum atomic E-state index is -0.153. The molecule has 0 aliphatic heterocycles. The van der Waals surface area contributed by atoms with E-state index < -0.39 is 0 Å². The SMILES string of the molecule is Bc1csc2cc(F)ccc12. The third-order valence-corrected chi connectivity index (χ3v) is 2.79. The second-order valence-corrected chi connectivity index (χ2v) is 3.47. The Morgan fingerprint density at radius 1 is 1.36 bits per heavy atom. The van der Waals surface area contributed by atoms with E-state index in [1.54, 1.807) is 17.4 Å². The first-order valence-corrected chi connectivity index (χ1v) is 4.29. The van der Waals surface area contributed by atoms with Crippen LogP contribution in [0.2, 0.25) is 0 Å². The molecule has 0 saturated heterocycles. The Labute approximate surface area is 69.1 Å². The lowest BCUT2D eigenvalue weighted by Crippen LogP contribution is -1.96. The Bertz CT molecular complexity index is 394. The molecule has 54 valence electrons. The first-order valence-electron chi connectivity index (χ1n) is 3.41. The van der Waals surface area contributed by atoms with Gasteiger partial charge >= 0.3 is 0 Å². The molecule has 11 heavy (non-hydrogen) atoms. The quantitative estimate of drug-likeness (QED) is 0.514. The fourth-order valence-corrected chi connectivity index (χ4v) is 2.10. The molecule has 0 bridgehead atoms. The third-order valence-electron chi connectivity index (χ3n) is 1.73. The summed E-state index contributed by atoms with van der Waals surface area (Å²) in [4.78, 5) is 0. The smallest absolute Gasteiger partial charge is 0.141 e. The van der Waals surface area contributed by atoms with Crippen molar-refractivity contribution in [2.75, 3.05) is 0 Å². The lowest BCUT2D eigenvalue weighted by atomic mass is 9.96. The number of thiophene rings is 1. The van der Waals surface area contributed by atoms with Gasteiger partial charge in [-0.2, -0.15) is 0 Å². The van der Waals surface area contributed by atoms with E-state index in [9.17, 15) is 4.39 Å². The summed E-state index contributed by atoms with van der Waals surface area (Å²) in [6, 6.07) is 4.91. The summed E-state index contributed by atoms with van der Waals surface area (Å²) in [5.74, 6) is -0.153. The Balaban J connectivity index is 2.86. The zero-order valence-corrected chi connectivity index (χ0v) is 6.91. The lowest BCUT2D eigenvalue weighted by Gasteiger charge is -1.90. The van der Waals surface area contributed by atoms with Crippen LogP contribution in [0.1, 0.15) is 0 Å². The van der Waals surface area contributed by atoms with E-state index in [2.05, 4.69) is 0 Å². The van der Waals surface area contributed by atoms with Gasteiger partial charge in [0, 0.05) is 4.70 Å². The van der Waals surface area contributed by atoms with Crippen molar-refractivity contribution >= 4 is 34.7 Å². The van der Waals surface area contributed by atoms with E-state index in [1.807, 2.05) is 19.3 Å². The molecule has 1 aromatic carbocycles. The molecule has 1 heterocycles. The highest BCUT2D eigenvalue weighted by molar-refractivity contribution is 7.18. The van der Waals surface area contributed by atoms with E-state index in [-0.39, 0.29) is 5.82 Å². The van der Waals surface area contributed by atoms with E-state index >= 15 is 0 Å². The van der Waals surface area contributed by atoms with Crippen LogP contribution in [0.4, 0.5) is 4.39 Å². The van der Waals surface area contributed by atoms with Crippen molar-refractivity contribution in [2.24, 2.45) is 0 Å². The van der Waals surface area contributed by atoms with Gasteiger partial charge in [-0.15, -0.1) is 11.3 Å². The summed E-state index contributed by atoms with van der Waals surface area (Å²) in [6.07, 6.45) is 0. The molecule has 0 unspecified atom stereocenters. The molecule has 2 aromatic rings. The van der Waals surface area contributed by atoms with E-state index in [4.69, 9.17) is 0 Å². The first-order chi connectivity index (χ1) is 5.27. The molecule has 0 spiro atoms. The molecule has 3 heteroatoms. The molecule has 0 amide bonds. The first kappa shape index (κ1) is 6.86. The molecule has 0 nitrogen and oxygen atoms in total. The molecule has 1 aromatic heterocycles. The molecule has 0 fully saturated rings. The molecule has 0 saturated carbocycles. The van der Waals surface area contributed by atoms with Gasteiger partial charge in [0.1, 0.15) is 13.7 Å². The number of benzene rings is 1. The summed E-state index contributed by atoms with van der Waals surface area (Å²) in [6.45, 7) is 0. The maximum atomic E-state index is 12.7. The van der Waals surface area contributed by atoms with Crippen molar-refractivity contribution in [1.29, 1.82) is 0 Å². The molecule has 0 N–H and O–H groups in total. The maximum absolute atomic E-state index is 12.7. The minimum absolute atomic E-state index is 0.153. The van der Waals surface area contributed by atoms with Crippen LogP contribution < -0.4 is 5.46 Å². The van der Waals surface area contributed by atoms with Gasteiger partial charge in [0.05, 0.1) is 0 Å². The normalized spacial score (nSPS) is 10.6. The van der Waals surface area contributed by atoms with Crippen LogP contribution in [0, 0.1) is 5.82 Å². The van der Waals surface area contributed by atoms with Gasteiger partial charge in [0.15, 0.2) is 0 Å².